The number of hydrogen-bond acceptors (Lipinski definition) is 5. The maximum atomic E-state index is 13.1. The van der Waals surface area contributed by atoms with Crippen molar-refractivity contribution in [3.05, 3.63) is 71.5 Å². The number of rotatable bonds is 4. The molecule has 0 spiro atoms. The zero-order valence-electron chi connectivity index (χ0n) is 18.4. The fourth-order valence-electron chi connectivity index (χ4n) is 4.10. The van der Waals surface area contributed by atoms with Gasteiger partial charge in [0.1, 0.15) is 0 Å². The molecule has 0 saturated carbocycles. The van der Waals surface area contributed by atoms with E-state index in [9.17, 15) is 13.2 Å². The largest absolute Gasteiger partial charge is 0.416 e. The van der Waals surface area contributed by atoms with Crippen molar-refractivity contribution >= 4 is 5.69 Å². The Morgan fingerprint density at radius 1 is 0.844 bits per heavy atom. The van der Waals surface area contributed by atoms with E-state index in [2.05, 4.69) is 37.5 Å². The Morgan fingerprint density at radius 3 is 2.03 bits per heavy atom. The van der Waals surface area contributed by atoms with E-state index in [-0.39, 0.29) is 11.6 Å². The van der Waals surface area contributed by atoms with Crippen LogP contribution in [0.25, 0.3) is 0 Å². The lowest BCUT2D eigenvalue weighted by Crippen LogP contribution is -2.48. The average molecular weight is 445 g/mol. The van der Waals surface area contributed by atoms with Crippen molar-refractivity contribution in [1.29, 1.82) is 0 Å². The van der Waals surface area contributed by atoms with Gasteiger partial charge >= 0.3 is 6.18 Å². The van der Waals surface area contributed by atoms with Crippen LogP contribution in [0.2, 0.25) is 0 Å². The van der Waals surface area contributed by atoms with Gasteiger partial charge in [-0.2, -0.15) is 13.2 Å². The van der Waals surface area contributed by atoms with Crippen LogP contribution >= 0.6 is 0 Å². The molecule has 0 N–H and O–H groups in total. The van der Waals surface area contributed by atoms with Gasteiger partial charge in [-0.1, -0.05) is 30.3 Å². The number of piperazine rings is 1. The molecular weight excluding hydrogens is 417 g/mol. The van der Waals surface area contributed by atoms with Gasteiger partial charge in [-0.3, -0.25) is 4.90 Å². The first-order valence-electron chi connectivity index (χ1n) is 10.6. The van der Waals surface area contributed by atoms with Gasteiger partial charge in [-0.05, 0) is 61.0 Å². The highest BCUT2D eigenvalue weighted by molar-refractivity contribution is 5.46. The summed E-state index contributed by atoms with van der Waals surface area (Å²) in [7, 11) is 0. The number of aromatic nitrogens is 4. The third kappa shape index (κ3) is 4.62. The summed E-state index contributed by atoms with van der Waals surface area (Å²) in [6, 6.07) is 15.2. The second kappa shape index (κ2) is 8.54. The van der Waals surface area contributed by atoms with Gasteiger partial charge < -0.3 is 4.90 Å². The number of nitrogens with zero attached hydrogens (tertiary/aromatic N) is 6. The van der Waals surface area contributed by atoms with Gasteiger partial charge in [0.15, 0.2) is 5.82 Å². The molecule has 2 aromatic carbocycles. The molecule has 1 aliphatic rings. The summed E-state index contributed by atoms with van der Waals surface area (Å²) in [5.74, 6) is 0.630. The molecule has 2 heterocycles. The molecule has 0 aliphatic carbocycles. The van der Waals surface area contributed by atoms with E-state index in [4.69, 9.17) is 0 Å². The smallest absolute Gasteiger partial charge is 0.369 e. The number of alkyl halides is 3. The van der Waals surface area contributed by atoms with E-state index in [0.717, 1.165) is 49.6 Å². The van der Waals surface area contributed by atoms with Crippen molar-refractivity contribution in [2.75, 3.05) is 31.1 Å². The van der Waals surface area contributed by atoms with Crippen molar-refractivity contribution in [2.45, 2.75) is 38.5 Å². The molecule has 170 valence electrons. The zero-order valence-corrected chi connectivity index (χ0v) is 18.4. The summed E-state index contributed by atoms with van der Waals surface area (Å²) in [6.45, 7) is 9.09. The second-order valence-corrected chi connectivity index (χ2v) is 9.00. The fourth-order valence-corrected chi connectivity index (χ4v) is 4.10. The minimum Gasteiger partial charge on any atom is -0.369 e. The Balaban J connectivity index is 1.66. The normalized spacial score (nSPS) is 16.9. The van der Waals surface area contributed by atoms with Crippen LogP contribution in [0.4, 0.5) is 18.9 Å². The first-order valence-corrected chi connectivity index (χ1v) is 10.6. The van der Waals surface area contributed by atoms with Crippen LogP contribution < -0.4 is 4.90 Å². The van der Waals surface area contributed by atoms with Crippen LogP contribution in [-0.4, -0.2) is 51.3 Å². The van der Waals surface area contributed by atoms with Gasteiger partial charge in [0, 0.05) is 31.9 Å². The molecule has 6 nitrogen and oxygen atoms in total. The Morgan fingerprint density at radius 2 is 1.47 bits per heavy atom. The standard InChI is InChI=1S/C23H27F3N6/c1-22(2,3)32-21(27-28-29-32)20(17-9-11-18(12-10-17)23(24,25)26)31-15-13-30(14-16-31)19-7-5-4-6-8-19/h4-12,20H,13-16H2,1-3H3. The SMILES string of the molecule is CC(C)(C)n1nnnc1C(c1ccc(C(F)(F)F)cc1)N1CCN(c2ccccc2)CC1. The molecule has 0 amide bonds. The number of benzene rings is 2. The van der Waals surface area contributed by atoms with E-state index in [0.29, 0.717) is 5.82 Å². The highest BCUT2D eigenvalue weighted by Crippen LogP contribution is 2.34. The Labute approximate surface area is 185 Å². The molecular formula is C23H27F3N6. The number of anilines is 1. The van der Waals surface area contributed by atoms with E-state index in [1.807, 2.05) is 39.0 Å². The van der Waals surface area contributed by atoms with Crippen LogP contribution in [0, 0.1) is 0 Å². The molecule has 4 rings (SSSR count). The zero-order chi connectivity index (χ0) is 22.9. The molecule has 3 aromatic rings. The monoisotopic (exact) mass is 444 g/mol. The molecule has 0 radical (unpaired) electrons. The number of tetrazole rings is 1. The predicted octanol–water partition coefficient (Wildman–Crippen LogP) is 4.36. The van der Waals surface area contributed by atoms with Crippen molar-refractivity contribution in [3.8, 4) is 0 Å². The van der Waals surface area contributed by atoms with Crippen molar-refractivity contribution < 1.29 is 13.2 Å². The van der Waals surface area contributed by atoms with Gasteiger partial charge in [-0.15, -0.1) is 5.10 Å². The van der Waals surface area contributed by atoms with Crippen LogP contribution in [0.5, 0.6) is 0 Å². The minimum atomic E-state index is -4.37. The van der Waals surface area contributed by atoms with E-state index in [1.54, 1.807) is 16.8 Å². The molecule has 1 aromatic heterocycles. The second-order valence-electron chi connectivity index (χ2n) is 9.00. The van der Waals surface area contributed by atoms with Crippen LogP contribution in [0.15, 0.2) is 54.6 Å². The summed E-state index contributed by atoms with van der Waals surface area (Å²) >= 11 is 0. The summed E-state index contributed by atoms with van der Waals surface area (Å²) in [6.07, 6.45) is -4.37. The Kier molecular flexibility index (Phi) is 5.94. The van der Waals surface area contributed by atoms with Crippen LogP contribution in [0.3, 0.4) is 0 Å². The third-order valence-corrected chi connectivity index (χ3v) is 5.73. The lowest BCUT2D eigenvalue weighted by Gasteiger charge is -2.40. The third-order valence-electron chi connectivity index (χ3n) is 5.73. The highest BCUT2D eigenvalue weighted by Gasteiger charge is 2.35. The lowest BCUT2D eigenvalue weighted by atomic mass is 10.00. The fraction of sp³-hybridized carbons (Fsp3) is 0.435. The lowest BCUT2D eigenvalue weighted by molar-refractivity contribution is -0.137. The summed E-state index contributed by atoms with van der Waals surface area (Å²) in [5, 5.41) is 12.4. The van der Waals surface area contributed by atoms with Gasteiger partial charge in [0.05, 0.1) is 17.1 Å². The van der Waals surface area contributed by atoms with Gasteiger partial charge in [-0.25, -0.2) is 4.68 Å². The quantitative estimate of drug-likeness (QED) is 0.599. The molecule has 32 heavy (non-hydrogen) atoms. The predicted molar refractivity (Wildman–Crippen MR) is 116 cm³/mol. The van der Waals surface area contributed by atoms with Crippen LogP contribution in [0.1, 0.15) is 43.8 Å². The maximum absolute atomic E-state index is 13.1. The molecule has 1 aliphatic heterocycles. The molecule has 1 fully saturated rings. The Hall–Kier alpha value is -2.94. The van der Waals surface area contributed by atoms with Gasteiger partial charge in [0.25, 0.3) is 0 Å². The number of para-hydroxylation sites is 1. The van der Waals surface area contributed by atoms with Crippen molar-refractivity contribution in [3.63, 3.8) is 0 Å². The van der Waals surface area contributed by atoms with E-state index < -0.39 is 11.7 Å². The minimum absolute atomic E-state index is 0.343. The topological polar surface area (TPSA) is 50.1 Å². The molecule has 1 saturated heterocycles. The highest BCUT2D eigenvalue weighted by atomic mass is 19.4. The molecule has 1 atom stereocenters. The first-order chi connectivity index (χ1) is 15.1. The number of halogens is 3. The summed E-state index contributed by atoms with van der Waals surface area (Å²) in [4.78, 5) is 4.56. The van der Waals surface area contributed by atoms with Crippen molar-refractivity contribution in [1.82, 2.24) is 25.1 Å². The maximum Gasteiger partial charge on any atom is 0.416 e. The summed E-state index contributed by atoms with van der Waals surface area (Å²) < 4.78 is 41.1. The van der Waals surface area contributed by atoms with E-state index >= 15 is 0 Å². The molecule has 0 bridgehead atoms. The van der Waals surface area contributed by atoms with Gasteiger partial charge in [0.2, 0.25) is 0 Å². The first kappa shape index (κ1) is 22.3. The molecule has 1 unspecified atom stereocenters. The number of hydrogen-bond donors (Lipinski definition) is 0. The summed E-state index contributed by atoms with van der Waals surface area (Å²) in [5.41, 5.74) is 0.878. The van der Waals surface area contributed by atoms with E-state index in [1.165, 1.54) is 0 Å². The average Bonchev–Trinajstić information content (AvgIpc) is 3.25. The Bertz CT molecular complexity index is 1020. The van der Waals surface area contributed by atoms with Crippen LogP contribution in [-0.2, 0) is 11.7 Å². The molecule has 9 heteroatoms. The van der Waals surface area contributed by atoms with Crippen molar-refractivity contribution in [2.24, 2.45) is 0 Å².